The summed E-state index contributed by atoms with van der Waals surface area (Å²) in [4.78, 5) is 4.00. The first-order valence-corrected chi connectivity index (χ1v) is 9.93. The van der Waals surface area contributed by atoms with Crippen LogP contribution in [0.3, 0.4) is 0 Å². The van der Waals surface area contributed by atoms with Gasteiger partial charge in [0.05, 0.1) is 24.2 Å². The van der Waals surface area contributed by atoms with Crippen LogP contribution in [0.1, 0.15) is 24.6 Å². The molecule has 3 rings (SSSR count). The van der Waals surface area contributed by atoms with Crippen LogP contribution in [-0.4, -0.2) is 58.9 Å². The highest BCUT2D eigenvalue weighted by atomic mass is 32.2. The van der Waals surface area contributed by atoms with Crippen molar-refractivity contribution in [3.05, 3.63) is 23.3 Å². The van der Waals surface area contributed by atoms with Crippen LogP contribution in [0.25, 0.3) is 5.52 Å². The molecule has 1 fully saturated rings. The van der Waals surface area contributed by atoms with Gasteiger partial charge in [-0.2, -0.15) is 9.57 Å². The molecule has 2 aromatic heterocycles. The zero-order valence-corrected chi connectivity index (χ0v) is 15.1. The number of halogens is 2. The molecule has 0 amide bonds. The van der Waals surface area contributed by atoms with Crippen molar-refractivity contribution in [1.82, 2.24) is 18.9 Å². The Balaban J connectivity index is 1.85. The van der Waals surface area contributed by atoms with E-state index in [2.05, 4.69) is 15.4 Å². The van der Waals surface area contributed by atoms with Crippen LogP contribution in [0, 0.1) is 17.1 Å². The van der Waals surface area contributed by atoms with Crippen LogP contribution in [0.15, 0.2) is 6.20 Å². The Hall–Kier alpha value is -2.32. The van der Waals surface area contributed by atoms with Crippen molar-refractivity contribution in [2.24, 2.45) is 0 Å². The fourth-order valence-corrected chi connectivity index (χ4v) is 3.93. The minimum atomic E-state index is -3.44. The summed E-state index contributed by atoms with van der Waals surface area (Å²) in [6.07, 6.45) is 1.50. The smallest absolute Gasteiger partial charge is 0.241 e. The summed E-state index contributed by atoms with van der Waals surface area (Å²) in [7, 11) is -3.44. The molecule has 3 heterocycles. The topological polar surface area (TPSA) is 103 Å². The molecule has 0 saturated carbocycles. The van der Waals surface area contributed by atoms with Crippen LogP contribution in [0.5, 0.6) is 0 Å². The molecule has 8 nitrogen and oxygen atoms in total. The second kappa shape index (κ2) is 6.77. The van der Waals surface area contributed by atoms with Crippen molar-refractivity contribution in [1.29, 1.82) is 5.26 Å². The largest absolute Gasteiger partial charge is 0.347 e. The number of nitriles is 1. The van der Waals surface area contributed by atoms with Gasteiger partial charge in [0.2, 0.25) is 16.0 Å². The Morgan fingerprint density at radius 1 is 1.50 bits per heavy atom. The van der Waals surface area contributed by atoms with E-state index in [1.165, 1.54) is 10.7 Å². The van der Waals surface area contributed by atoms with E-state index in [9.17, 15) is 17.2 Å². The predicted octanol–water partition coefficient (Wildman–Crippen LogP) is 1.09. The molecule has 1 aliphatic heterocycles. The highest BCUT2D eigenvalue weighted by molar-refractivity contribution is 7.88. The van der Waals surface area contributed by atoms with Gasteiger partial charge in [-0.3, -0.25) is 0 Å². The first-order valence-electron chi connectivity index (χ1n) is 8.08. The lowest BCUT2D eigenvalue weighted by molar-refractivity contribution is 0.186. The Morgan fingerprint density at radius 3 is 2.81 bits per heavy atom. The maximum absolute atomic E-state index is 14.4. The number of hydrogen-bond acceptors (Lipinski definition) is 6. The van der Waals surface area contributed by atoms with Gasteiger partial charge >= 0.3 is 0 Å². The fourth-order valence-electron chi connectivity index (χ4n) is 3.08. The summed E-state index contributed by atoms with van der Waals surface area (Å²) < 4.78 is 54.0. The van der Waals surface area contributed by atoms with Crippen LogP contribution in [-0.2, 0) is 16.4 Å². The standard InChI is InChI=1S/C15H18F2N6O2S/c1-3-12-9(6-18)14(17)13-7-19-15(21-23(12)13)20-11-4-5-22(8-10(11)16)26(2,24)25/h7,10-11H,3-5,8H2,1-2H3,(H,20,21)/t10-,11-/m1/s1. The monoisotopic (exact) mass is 384 g/mol. The van der Waals surface area contributed by atoms with Gasteiger partial charge in [-0.25, -0.2) is 26.7 Å². The lowest BCUT2D eigenvalue weighted by Crippen LogP contribution is -2.49. The average molecular weight is 384 g/mol. The Kier molecular flexibility index (Phi) is 4.81. The lowest BCUT2D eigenvalue weighted by atomic mass is 10.1. The molecule has 0 radical (unpaired) electrons. The molecule has 2 aromatic rings. The van der Waals surface area contributed by atoms with Crippen molar-refractivity contribution >= 4 is 21.5 Å². The Morgan fingerprint density at radius 2 is 2.23 bits per heavy atom. The number of aryl methyl sites for hydroxylation is 1. The summed E-state index contributed by atoms with van der Waals surface area (Å²) >= 11 is 0. The molecule has 26 heavy (non-hydrogen) atoms. The third kappa shape index (κ3) is 3.22. The summed E-state index contributed by atoms with van der Waals surface area (Å²) in [6.45, 7) is 1.72. The van der Waals surface area contributed by atoms with Crippen molar-refractivity contribution in [3.63, 3.8) is 0 Å². The number of fused-ring (bicyclic) bond motifs is 1. The first-order chi connectivity index (χ1) is 12.3. The van der Waals surface area contributed by atoms with E-state index in [-0.39, 0.29) is 36.5 Å². The zero-order chi connectivity index (χ0) is 19.1. The number of sulfonamides is 1. The number of piperidine rings is 1. The molecule has 140 valence electrons. The van der Waals surface area contributed by atoms with Gasteiger partial charge in [0.25, 0.3) is 0 Å². The second-order valence-corrected chi connectivity index (χ2v) is 8.14. The van der Waals surface area contributed by atoms with E-state index < -0.39 is 28.1 Å². The van der Waals surface area contributed by atoms with Gasteiger partial charge in [-0.05, 0) is 12.8 Å². The van der Waals surface area contributed by atoms with E-state index in [0.717, 1.165) is 10.6 Å². The predicted molar refractivity (Wildman–Crippen MR) is 90.4 cm³/mol. The molecule has 1 N–H and O–H groups in total. The van der Waals surface area contributed by atoms with E-state index in [1.807, 2.05) is 6.07 Å². The lowest BCUT2D eigenvalue weighted by Gasteiger charge is -2.33. The zero-order valence-electron chi connectivity index (χ0n) is 14.3. The van der Waals surface area contributed by atoms with Crippen LogP contribution in [0.4, 0.5) is 14.7 Å². The number of nitrogens with zero attached hydrogens (tertiary/aromatic N) is 5. The number of nitrogens with one attached hydrogen (secondary N) is 1. The number of alkyl halides is 1. The number of hydrogen-bond donors (Lipinski definition) is 1. The molecule has 2 atom stereocenters. The molecule has 0 aromatic carbocycles. The van der Waals surface area contributed by atoms with Gasteiger partial charge in [0.15, 0.2) is 5.82 Å². The highest BCUT2D eigenvalue weighted by Gasteiger charge is 2.33. The van der Waals surface area contributed by atoms with E-state index in [0.29, 0.717) is 12.1 Å². The second-order valence-electron chi connectivity index (χ2n) is 6.16. The molecule has 0 bridgehead atoms. The summed E-state index contributed by atoms with van der Waals surface area (Å²) in [5, 5.41) is 16.1. The van der Waals surface area contributed by atoms with Crippen molar-refractivity contribution in [2.75, 3.05) is 24.7 Å². The average Bonchev–Trinajstić information content (AvgIpc) is 2.86. The number of aromatic nitrogens is 3. The highest BCUT2D eigenvalue weighted by Crippen LogP contribution is 2.23. The molecule has 11 heteroatoms. The molecule has 1 saturated heterocycles. The quantitative estimate of drug-likeness (QED) is 0.846. The van der Waals surface area contributed by atoms with Crippen LogP contribution >= 0.6 is 0 Å². The molecule has 0 unspecified atom stereocenters. The normalized spacial score (nSPS) is 21.7. The maximum Gasteiger partial charge on any atom is 0.241 e. The van der Waals surface area contributed by atoms with E-state index in [4.69, 9.17) is 5.26 Å². The van der Waals surface area contributed by atoms with Gasteiger partial charge in [-0.15, -0.1) is 5.10 Å². The van der Waals surface area contributed by atoms with E-state index >= 15 is 0 Å². The number of rotatable bonds is 4. The minimum Gasteiger partial charge on any atom is -0.347 e. The van der Waals surface area contributed by atoms with Gasteiger partial charge < -0.3 is 5.32 Å². The molecular formula is C15H18F2N6O2S. The van der Waals surface area contributed by atoms with Crippen LogP contribution < -0.4 is 5.32 Å². The number of anilines is 1. The third-order valence-corrected chi connectivity index (χ3v) is 5.72. The van der Waals surface area contributed by atoms with E-state index in [1.54, 1.807) is 6.92 Å². The Bertz CT molecular complexity index is 984. The molecule has 0 aliphatic carbocycles. The third-order valence-electron chi connectivity index (χ3n) is 4.46. The first kappa shape index (κ1) is 18.5. The summed E-state index contributed by atoms with van der Waals surface area (Å²) in [5.74, 6) is -0.590. The summed E-state index contributed by atoms with van der Waals surface area (Å²) in [6, 6.07) is 1.16. The van der Waals surface area contributed by atoms with Gasteiger partial charge in [0, 0.05) is 13.1 Å². The van der Waals surface area contributed by atoms with Crippen molar-refractivity contribution in [2.45, 2.75) is 32.0 Å². The summed E-state index contributed by atoms with van der Waals surface area (Å²) in [5.41, 5.74) is 0.408. The molecular weight excluding hydrogens is 366 g/mol. The van der Waals surface area contributed by atoms with Crippen molar-refractivity contribution in [3.8, 4) is 6.07 Å². The fraction of sp³-hybridized carbons (Fsp3) is 0.533. The van der Waals surface area contributed by atoms with Crippen molar-refractivity contribution < 1.29 is 17.2 Å². The molecule has 1 aliphatic rings. The maximum atomic E-state index is 14.4. The Labute approximate surface area is 149 Å². The van der Waals surface area contributed by atoms with Gasteiger partial charge in [-0.1, -0.05) is 6.92 Å². The van der Waals surface area contributed by atoms with Crippen LogP contribution in [0.2, 0.25) is 0 Å². The van der Waals surface area contributed by atoms with Gasteiger partial charge in [0.1, 0.15) is 23.3 Å². The molecule has 0 spiro atoms. The SMILES string of the molecule is CCc1c(C#N)c(F)c2cnc(N[C@@H]3CCN(S(C)(=O)=O)C[C@H]3F)nn12. The minimum absolute atomic E-state index is 0.0765.